The van der Waals surface area contributed by atoms with Crippen LogP contribution in [0.3, 0.4) is 0 Å². The normalized spacial score (nSPS) is 18.6. The maximum Gasteiger partial charge on any atom is 0.271 e. The number of aromatic nitrogens is 2. The van der Waals surface area contributed by atoms with E-state index in [-0.39, 0.29) is 11.4 Å². The second-order valence-corrected chi connectivity index (χ2v) is 5.40. The van der Waals surface area contributed by atoms with Crippen molar-refractivity contribution in [3.8, 4) is 0 Å². The lowest BCUT2D eigenvalue weighted by atomic mass is 9.82. The average Bonchev–Trinajstić information content (AvgIpc) is 2.68. The fraction of sp³-hybridized carbons (Fsp3) is 0.692. The number of hydrogen-bond donors (Lipinski definition) is 2. The summed E-state index contributed by atoms with van der Waals surface area (Å²) in [5.74, 6) is -0.130. The van der Waals surface area contributed by atoms with Gasteiger partial charge in [0.05, 0.1) is 0 Å². The second-order valence-electron chi connectivity index (χ2n) is 5.40. The first-order valence-electron chi connectivity index (χ1n) is 6.58. The number of aryl methyl sites for hydroxylation is 2. The van der Waals surface area contributed by atoms with Gasteiger partial charge in [-0.3, -0.25) is 9.48 Å². The lowest BCUT2D eigenvalue weighted by Crippen LogP contribution is -2.51. The Bertz CT molecular complexity index is 413. The summed E-state index contributed by atoms with van der Waals surface area (Å²) in [6.07, 6.45) is 5.57. The summed E-state index contributed by atoms with van der Waals surface area (Å²) in [5, 5.41) is 7.07. The fourth-order valence-corrected chi connectivity index (χ4v) is 2.45. The highest BCUT2D eigenvalue weighted by Crippen LogP contribution is 2.25. The first kappa shape index (κ1) is 13.1. The Kier molecular flexibility index (Phi) is 3.71. The second kappa shape index (κ2) is 5.10. The molecule has 2 rings (SSSR count). The molecule has 0 aliphatic heterocycles. The van der Waals surface area contributed by atoms with Crippen molar-refractivity contribution in [2.45, 2.75) is 44.6 Å². The summed E-state index contributed by atoms with van der Waals surface area (Å²) in [5.41, 5.74) is 7.50. The van der Waals surface area contributed by atoms with Gasteiger partial charge < -0.3 is 11.1 Å². The van der Waals surface area contributed by atoms with Crippen molar-refractivity contribution in [2.24, 2.45) is 12.8 Å². The summed E-state index contributed by atoms with van der Waals surface area (Å²) < 4.78 is 1.70. The third-order valence-electron chi connectivity index (χ3n) is 3.80. The molecule has 5 nitrogen and oxygen atoms in total. The monoisotopic (exact) mass is 250 g/mol. The van der Waals surface area contributed by atoms with Crippen LogP contribution in [0.15, 0.2) is 6.07 Å². The lowest BCUT2D eigenvalue weighted by molar-refractivity contribution is 0.0932. The highest BCUT2D eigenvalue weighted by molar-refractivity contribution is 5.92. The van der Waals surface area contributed by atoms with E-state index >= 15 is 0 Å². The minimum absolute atomic E-state index is 0.130. The van der Waals surface area contributed by atoms with Crippen LogP contribution in [0.5, 0.6) is 0 Å². The molecule has 5 heteroatoms. The number of hydrogen-bond acceptors (Lipinski definition) is 3. The number of carbonyl (C=O) groups excluding carboxylic acids is 1. The van der Waals surface area contributed by atoms with Gasteiger partial charge in [-0.1, -0.05) is 19.3 Å². The third kappa shape index (κ3) is 2.90. The molecule has 0 radical (unpaired) electrons. The van der Waals surface area contributed by atoms with E-state index in [1.54, 1.807) is 10.7 Å². The van der Waals surface area contributed by atoms with Crippen molar-refractivity contribution in [3.63, 3.8) is 0 Å². The highest BCUT2D eigenvalue weighted by atomic mass is 16.1. The van der Waals surface area contributed by atoms with Crippen molar-refractivity contribution < 1.29 is 4.79 Å². The third-order valence-corrected chi connectivity index (χ3v) is 3.80. The van der Waals surface area contributed by atoms with Gasteiger partial charge in [0.1, 0.15) is 5.69 Å². The molecule has 1 heterocycles. The Morgan fingerprint density at radius 3 is 2.72 bits per heavy atom. The van der Waals surface area contributed by atoms with E-state index in [0.29, 0.717) is 12.2 Å². The Morgan fingerprint density at radius 1 is 1.50 bits per heavy atom. The molecule has 18 heavy (non-hydrogen) atoms. The number of nitrogens with zero attached hydrogens (tertiary/aromatic N) is 2. The van der Waals surface area contributed by atoms with Crippen LogP contribution < -0.4 is 11.1 Å². The molecular formula is C13H22N4O. The Labute approximate surface area is 108 Å². The van der Waals surface area contributed by atoms with E-state index in [1.165, 1.54) is 6.42 Å². The smallest absolute Gasteiger partial charge is 0.271 e. The van der Waals surface area contributed by atoms with Gasteiger partial charge in [0.2, 0.25) is 0 Å². The molecule has 0 saturated heterocycles. The SMILES string of the molecule is Cc1cc(C(=O)NCC2(N)CCCCC2)nn1C. The van der Waals surface area contributed by atoms with Gasteiger partial charge in [-0.2, -0.15) is 5.10 Å². The Balaban J connectivity index is 1.91. The molecule has 1 fully saturated rings. The number of rotatable bonds is 3. The standard InChI is InChI=1S/C13H22N4O/c1-10-8-11(16-17(10)2)12(18)15-9-13(14)6-4-3-5-7-13/h8H,3-7,9,14H2,1-2H3,(H,15,18). The first-order chi connectivity index (χ1) is 8.50. The number of carbonyl (C=O) groups is 1. The predicted molar refractivity (Wildman–Crippen MR) is 70.3 cm³/mol. The predicted octanol–water partition coefficient (Wildman–Crippen LogP) is 1.12. The van der Waals surface area contributed by atoms with Gasteiger partial charge in [0, 0.05) is 24.8 Å². The Morgan fingerprint density at radius 2 is 2.17 bits per heavy atom. The van der Waals surface area contributed by atoms with Crippen molar-refractivity contribution >= 4 is 5.91 Å². The van der Waals surface area contributed by atoms with Gasteiger partial charge in [0.25, 0.3) is 5.91 Å². The zero-order chi connectivity index (χ0) is 13.2. The van der Waals surface area contributed by atoms with E-state index in [4.69, 9.17) is 5.73 Å². The minimum Gasteiger partial charge on any atom is -0.349 e. The minimum atomic E-state index is -0.224. The topological polar surface area (TPSA) is 72.9 Å². The summed E-state index contributed by atoms with van der Waals surface area (Å²) in [7, 11) is 1.83. The van der Waals surface area contributed by atoms with Crippen molar-refractivity contribution in [1.29, 1.82) is 0 Å². The summed E-state index contributed by atoms with van der Waals surface area (Å²) in [6.45, 7) is 2.47. The molecule has 100 valence electrons. The molecular weight excluding hydrogens is 228 g/mol. The number of nitrogens with two attached hydrogens (primary N) is 1. The molecule has 0 bridgehead atoms. The molecule has 1 amide bonds. The molecule has 1 aromatic rings. The summed E-state index contributed by atoms with van der Waals surface area (Å²) >= 11 is 0. The van der Waals surface area contributed by atoms with Gasteiger partial charge >= 0.3 is 0 Å². The van der Waals surface area contributed by atoms with Gasteiger partial charge in [-0.15, -0.1) is 0 Å². The van der Waals surface area contributed by atoms with E-state index in [1.807, 2.05) is 14.0 Å². The van der Waals surface area contributed by atoms with Gasteiger partial charge in [0.15, 0.2) is 0 Å². The van der Waals surface area contributed by atoms with Crippen LogP contribution >= 0.6 is 0 Å². The van der Waals surface area contributed by atoms with Crippen LogP contribution in [-0.4, -0.2) is 27.8 Å². The van der Waals surface area contributed by atoms with Gasteiger partial charge in [-0.05, 0) is 25.8 Å². The van der Waals surface area contributed by atoms with Crippen LogP contribution in [0.4, 0.5) is 0 Å². The van der Waals surface area contributed by atoms with Crippen molar-refractivity contribution in [1.82, 2.24) is 15.1 Å². The van der Waals surface area contributed by atoms with E-state index in [0.717, 1.165) is 31.4 Å². The zero-order valence-corrected chi connectivity index (χ0v) is 11.2. The molecule has 1 aliphatic carbocycles. The van der Waals surface area contributed by atoms with Gasteiger partial charge in [-0.25, -0.2) is 0 Å². The van der Waals surface area contributed by atoms with E-state index in [9.17, 15) is 4.79 Å². The van der Waals surface area contributed by atoms with Crippen LogP contribution in [0.1, 0.15) is 48.3 Å². The quantitative estimate of drug-likeness (QED) is 0.844. The largest absolute Gasteiger partial charge is 0.349 e. The molecule has 3 N–H and O–H groups in total. The maximum absolute atomic E-state index is 12.0. The van der Waals surface area contributed by atoms with Crippen molar-refractivity contribution in [2.75, 3.05) is 6.54 Å². The van der Waals surface area contributed by atoms with Crippen LogP contribution in [-0.2, 0) is 7.05 Å². The molecule has 1 aliphatic rings. The average molecular weight is 250 g/mol. The molecule has 0 unspecified atom stereocenters. The van der Waals surface area contributed by atoms with E-state index in [2.05, 4.69) is 10.4 Å². The number of amides is 1. The molecule has 1 aromatic heterocycles. The zero-order valence-electron chi connectivity index (χ0n) is 11.2. The van der Waals surface area contributed by atoms with Crippen molar-refractivity contribution in [3.05, 3.63) is 17.5 Å². The Hall–Kier alpha value is -1.36. The first-order valence-corrected chi connectivity index (χ1v) is 6.58. The summed E-state index contributed by atoms with van der Waals surface area (Å²) in [6, 6.07) is 1.79. The number of nitrogens with one attached hydrogen (secondary N) is 1. The van der Waals surface area contributed by atoms with Crippen LogP contribution in [0, 0.1) is 6.92 Å². The maximum atomic E-state index is 12.0. The van der Waals surface area contributed by atoms with E-state index < -0.39 is 0 Å². The van der Waals surface area contributed by atoms with Crippen LogP contribution in [0.2, 0.25) is 0 Å². The molecule has 1 saturated carbocycles. The molecule has 0 aromatic carbocycles. The van der Waals surface area contributed by atoms with Crippen LogP contribution in [0.25, 0.3) is 0 Å². The summed E-state index contributed by atoms with van der Waals surface area (Å²) in [4.78, 5) is 12.0. The highest BCUT2D eigenvalue weighted by Gasteiger charge is 2.28. The molecule has 0 atom stereocenters. The lowest BCUT2D eigenvalue weighted by Gasteiger charge is -2.33. The fourth-order valence-electron chi connectivity index (χ4n) is 2.45. The molecule has 0 spiro atoms.